The van der Waals surface area contributed by atoms with Gasteiger partial charge in [0.25, 0.3) is 17.7 Å². The summed E-state index contributed by atoms with van der Waals surface area (Å²) in [5.74, 6) is -2.11. The zero-order valence-corrected chi connectivity index (χ0v) is 18.6. The number of carbonyl (C=O) groups excluding carboxylic acids is 4. The van der Waals surface area contributed by atoms with E-state index in [0.717, 1.165) is 15.5 Å². The van der Waals surface area contributed by atoms with Crippen molar-refractivity contribution >= 4 is 40.9 Å². The van der Waals surface area contributed by atoms with E-state index in [9.17, 15) is 19.2 Å². The second kappa shape index (κ2) is 9.65. The van der Waals surface area contributed by atoms with E-state index >= 15 is 0 Å². The maximum Gasteiger partial charge on any atom is 0.269 e. The van der Waals surface area contributed by atoms with E-state index < -0.39 is 29.7 Å². The number of hydrazine groups is 1. The lowest BCUT2D eigenvalue weighted by atomic mass is 10.2. The predicted molar refractivity (Wildman–Crippen MR) is 119 cm³/mol. The van der Waals surface area contributed by atoms with E-state index in [1.807, 2.05) is 6.92 Å². The van der Waals surface area contributed by atoms with Crippen LogP contribution in [0.2, 0.25) is 5.02 Å². The molecule has 1 N–H and O–H groups in total. The summed E-state index contributed by atoms with van der Waals surface area (Å²) in [4.78, 5) is 52.6. The van der Waals surface area contributed by atoms with E-state index in [2.05, 4.69) is 5.43 Å². The number of anilines is 1. The summed E-state index contributed by atoms with van der Waals surface area (Å²) in [5, 5.41) is 1.22. The van der Waals surface area contributed by atoms with Crippen molar-refractivity contribution in [2.45, 2.75) is 26.3 Å². The van der Waals surface area contributed by atoms with Crippen molar-refractivity contribution in [2.24, 2.45) is 0 Å². The van der Waals surface area contributed by atoms with Gasteiger partial charge in [-0.05, 0) is 49.7 Å². The predicted octanol–water partition coefficient (Wildman–Crippen LogP) is 3.04. The molecule has 1 fully saturated rings. The Morgan fingerprint density at radius 2 is 1.97 bits per heavy atom. The first-order valence-corrected chi connectivity index (χ1v) is 10.2. The van der Waals surface area contributed by atoms with Crippen molar-refractivity contribution in [1.82, 2.24) is 10.4 Å². The van der Waals surface area contributed by atoms with Gasteiger partial charge in [0.1, 0.15) is 11.8 Å². The van der Waals surface area contributed by atoms with Crippen molar-refractivity contribution < 1.29 is 23.9 Å². The summed E-state index contributed by atoms with van der Waals surface area (Å²) in [6.07, 6.45) is 2.38. The maximum absolute atomic E-state index is 13.3. The third kappa shape index (κ3) is 4.65. The minimum atomic E-state index is -1.22. The number of nitrogens with one attached hydrogen (secondary N) is 1. The van der Waals surface area contributed by atoms with E-state index in [4.69, 9.17) is 16.3 Å². The number of methoxy groups -OCH3 is 1. The molecule has 166 valence electrons. The van der Waals surface area contributed by atoms with E-state index in [1.165, 1.54) is 31.4 Å². The van der Waals surface area contributed by atoms with Gasteiger partial charge in [0, 0.05) is 16.7 Å². The number of imide groups is 1. The van der Waals surface area contributed by atoms with E-state index in [-0.39, 0.29) is 17.7 Å². The normalized spacial score (nSPS) is 15.9. The largest absolute Gasteiger partial charge is 0.495 e. The van der Waals surface area contributed by atoms with Gasteiger partial charge >= 0.3 is 0 Å². The highest BCUT2D eigenvalue weighted by atomic mass is 35.5. The molecule has 9 heteroatoms. The van der Waals surface area contributed by atoms with Crippen LogP contribution in [0.15, 0.2) is 54.6 Å². The molecule has 1 heterocycles. The number of halogens is 1. The molecule has 2 aromatic carbocycles. The SMILES string of the molecule is CC=CC(=O)N(NC(=O)c1cccc(Cl)c1)C1CC(=O)N(c2cc(C)ccc2OC)C1=O. The van der Waals surface area contributed by atoms with Crippen LogP contribution in [0, 0.1) is 6.92 Å². The number of hydrogen-bond donors (Lipinski definition) is 1. The highest BCUT2D eigenvalue weighted by Gasteiger charge is 2.45. The lowest BCUT2D eigenvalue weighted by Gasteiger charge is -2.27. The van der Waals surface area contributed by atoms with Crippen LogP contribution in [0.1, 0.15) is 29.3 Å². The van der Waals surface area contributed by atoms with Crippen LogP contribution in [-0.2, 0) is 14.4 Å². The number of aryl methyl sites for hydroxylation is 1. The first-order valence-electron chi connectivity index (χ1n) is 9.80. The van der Waals surface area contributed by atoms with Crippen molar-refractivity contribution in [3.63, 3.8) is 0 Å². The molecule has 0 saturated carbocycles. The molecule has 0 spiro atoms. The summed E-state index contributed by atoms with van der Waals surface area (Å²) in [5.41, 5.74) is 3.76. The van der Waals surface area contributed by atoms with Crippen LogP contribution < -0.4 is 15.1 Å². The number of ether oxygens (including phenoxy) is 1. The number of carbonyl (C=O) groups is 4. The Hall–Kier alpha value is -3.65. The lowest BCUT2D eigenvalue weighted by molar-refractivity contribution is -0.137. The monoisotopic (exact) mass is 455 g/mol. The van der Waals surface area contributed by atoms with Crippen molar-refractivity contribution in [3.05, 3.63) is 70.8 Å². The van der Waals surface area contributed by atoms with Gasteiger partial charge in [-0.25, -0.2) is 9.91 Å². The summed E-state index contributed by atoms with van der Waals surface area (Å²) >= 11 is 5.95. The van der Waals surface area contributed by atoms with Crippen molar-refractivity contribution in [1.29, 1.82) is 0 Å². The molecule has 8 nitrogen and oxygen atoms in total. The Morgan fingerprint density at radius 1 is 1.22 bits per heavy atom. The van der Waals surface area contributed by atoms with Gasteiger partial charge in [-0.15, -0.1) is 0 Å². The molecule has 1 atom stereocenters. The smallest absolute Gasteiger partial charge is 0.269 e. The van der Waals surface area contributed by atoms with Crippen molar-refractivity contribution in [2.75, 3.05) is 12.0 Å². The first-order chi connectivity index (χ1) is 15.3. The molecule has 0 radical (unpaired) electrons. The molecule has 32 heavy (non-hydrogen) atoms. The average molecular weight is 456 g/mol. The molecule has 4 amide bonds. The summed E-state index contributed by atoms with van der Waals surface area (Å²) < 4.78 is 5.30. The first kappa shape index (κ1) is 23.0. The molecular formula is C23H22ClN3O5. The standard InChI is InChI=1S/C23H22ClN3O5/c1-4-6-20(28)27(25-22(30)15-7-5-8-16(24)12-15)18-13-21(29)26(23(18)31)17-11-14(2)9-10-19(17)32-3/h4-12,18H,13H2,1-3H3,(H,25,30). The minimum absolute atomic E-state index is 0.199. The van der Waals surface area contributed by atoms with Crippen LogP contribution in [0.25, 0.3) is 0 Å². The average Bonchev–Trinajstić information content (AvgIpc) is 3.05. The number of benzene rings is 2. The number of hydrogen-bond acceptors (Lipinski definition) is 5. The van der Waals surface area contributed by atoms with Gasteiger partial charge in [0.2, 0.25) is 5.91 Å². The van der Waals surface area contributed by atoms with Crippen LogP contribution in [0.4, 0.5) is 5.69 Å². The molecule has 1 aliphatic rings. The molecule has 0 aliphatic carbocycles. The molecule has 1 saturated heterocycles. The van der Waals surface area contributed by atoms with E-state index in [1.54, 1.807) is 37.3 Å². The molecule has 1 unspecified atom stereocenters. The van der Waals surface area contributed by atoms with Gasteiger partial charge in [-0.1, -0.05) is 29.8 Å². The molecule has 1 aliphatic heterocycles. The Bertz CT molecular complexity index is 1110. The van der Waals surface area contributed by atoms with Gasteiger partial charge in [-0.2, -0.15) is 0 Å². The van der Waals surface area contributed by atoms with Crippen LogP contribution in [0.3, 0.4) is 0 Å². The summed E-state index contributed by atoms with van der Waals surface area (Å²) in [7, 11) is 1.43. The molecular weight excluding hydrogens is 434 g/mol. The fourth-order valence-corrected chi connectivity index (χ4v) is 3.55. The zero-order valence-electron chi connectivity index (χ0n) is 17.8. The number of amides is 4. The zero-order chi connectivity index (χ0) is 23.4. The number of rotatable bonds is 5. The van der Waals surface area contributed by atoms with Gasteiger partial charge in [0.05, 0.1) is 19.2 Å². The highest BCUT2D eigenvalue weighted by molar-refractivity contribution is 6.31. The quantitative estimate of drug-likeness (QED) is 0.424. The second-order valence-corrected chi connectivity index (χ2v) is 7.56. The number of nitrogens with zero attached hydrogens (tertiary/aromatic N) is 2. The van der Waals surface area contributed by atoms with Gasteiger partial charge in [-0.3, -0.25) is 24.6 Å². The summed E-state index contributed by atoms with van der Waals surface area (Å²) in [6, 6.07) is 10.0. The number of allylic oxidation sites excluding steroid dienone is 1. The van der Waals surface area contributed by atoms with E-state index in [0.29, 0.717) is 10.8 Å². The molecule has 3 rings (SSSR count). The Labute approximate surface area is 190 Å². The van der Waals surface area contributed by atoms with Crippen molar-refractivity contribution in [3.8, 4) is 5.75 Å². The van der Waals surface area contributed by atoms with Crippen LogP contribution >= 0.6 is 11.6 Å². The Morgan fingerprint density at radius 3 is 2.62 bits per heavy atom. The van der Waals surface area contributed by atoms with Gasteiger partial charge in [0.15, 0.2) is 0 Å². The fraction of sp³-hybridized carbons (Fsp3) is 0.217. The third-order valence-electron chi connectivity index (χ3n) is 4.87. The Kier molecular flexibility index (Phi) is 6.95. The minimum Gasteiger partial charge on any atom is -0.495 e. The lowest BCUT2D eigenvalue weighted by Crippen LogP contribution is -2.54. The second-order valence-electron chi connectivity index (χ2n) is 7.12. The van der Waals surface area contributed by atoms with Crippen LogP contribution in [-0.4, -0.2) is 41.8 Å². The fourth-order valence-electron chi connectivity index (χ4n) is 3.36. The molecule has 2 aromatic rings. The molecule has 0 aromatic heterocycles. The van der Waals surface area contributed by atoms with Gasteiger partial charge < -0.3 is 4.74 Å². The third-order valence-corrected chi connectivity index (χ3v) is 5.10. The topological polar surface area (TPSA) is 96.0 Å². The van der Waals surface area contributed by atoms with Crippen LogP contribution in [0.5, 0.6) is 5.75 Å². The molecule has 0 bridgehead atoms. The highest BCUT2D eigenvalue weighted by Crippen LogP contribution is 2.34. The Balaban J connectivity index is 1.95. The maximum atomic E-state index is 13.3. The summed E-state index contributed by atoms with van der Waals surface area (Å²) in [6.45, 7) is 3.44.